The maximum absolute atomic E-state index is 12.5. The van der Waals surface area contributed by atoms with Gasteiger partial charge in [-0.25, -0.2) is 0 Å². The zero-order chi connectivity index (χ0) is 22.1. The standard InChI is InChI=1S/C25H29N5O2/c1-26-24(31)20-7-6-19(15-27-20)18-9-12-29(13-10-18)16-17-5-8-22-21(14-17)28-25(32)23-4-2-3-11-30(22)23/h5-9,14-15,23H,2-4,10-13,16H2,1H3,(H,26,31)(H,28,32)/t23-/m0/s1. The van der Waals surface area contributed by atoms with Gasteiger partial charge in [-0.15, -0.1) is 0 Å². The monoisotopic (exact) mass is 431 g/mol. The highest BCUT2D eigenvalue weighted by molar-refractivity contribution is 6.03. The number of nitrogens with zero attached hydrogens (tertiary/aromatic N) is 3. The summed E-state index contributed by atoms with van der Waals surface area (Å²) in [7, 11) is 1.61. The van der Waals surface area contributed by atoms with E-state index in [1.54, 1.807) is 19.3 Å². The van der Waals surface area contributed by atoms with Gasteiger partial charge in [-0.2, -0.15) is 0 Å². The fraction of sp³-hybridized carbons (Fsp3) is 0.400. The quantitative estimate of drug-likeness (QED) is 0.778. The Balaban J connectivity index is 1.24. The molecule has 3 aliphatic rings. The topological polar surface area (TPSA) is 77.6 Å². The molecule has 1 aromatic heterocycles. The molecular weight excluding hydrogens is 402 g/mol. The van der Waals surface area contributed by atoms with Crippen LogP contribution in [0.25, 0.3) is 5.57 Å². The smallest absolute Gasteiger partial charge is 0.269 e. The minimum Gasteiger partial charge on any atom is -0.358 e. The molecule has 0 radical (unpaired) electrons. The van der Waals surface area contributed by atoms with Gasteiger partial charge in [-0.05, 0) is 60.6 Å². The Kier molecular flexibility index (Phi) is 5.66. The number of hydrogen-bond donors (Lipinski definition) is 2. The molecule has 7 heteroatoms. The first-order valence-electron chi connectivity index (χ1n) is 11.4. The largest absolute Gasteiger partial charge is 0.358 e. The number of anilines is 2. The number of benzene rings is 1. The van der Waals surface area contributed by atoms with Crippen LogP contribution in [0, 0.1) is 0 Å². The summed E-state index contributed by atoms with van der Waals surface area (Å²) in [5, 5.41) is 5.73. The molecule has 4 heterocycles. The van der Waals surface area contributed by atoms with E-state index in [1.165, 1.54) is 11.1 Å². The highest BCUT2D eigenvalue weighted by Crippen LogP contribution is 2.36. The van der Waals surface area contributed by atoms with E-state index in [-0.39, 0.29) is 17.9 Å². The molecule has 2 aromatic rings. The number of nitrogens with one attached hydrogen (secondary N) is 2. The Labute approximate surface area is 188 Å². The summed E-state index contributed by atoms with van der Waals surface area (Å²) in [6.45, 7) is 3.64. The van der Waals surface area contributed by atoms with Gasteiger partial charge in [0.25, 0.3) is 5.91 Å². The normalized spacial score (nSPS) is 20.7. The zero-order valence-electron chi connectivity index (χ0n) is 18.4. The molecular formula is C25H29N5O2. The average molecular weight is 432 g/mol. The highest BCUT2D eigenvalue weighted by atomic mass is 16.2. The first-order valence-corrected chi connectivity index (χ1v) is 11.4. The predicted octanol–water partition coefficient (Wildman–Crippen LogP) is 3.04. The minimum atomic E-state index is -0.169. The van der Waals surface area contributed by atoms with Crippen molar-refractivity contribution in [2.45, 2.75) is 38.3 Å². The van der Waals surface area contributed by atoms with Gasteiger partial charge in [0.15, 0.2) is 0 Å². The SMILES string of the molecule is CNC(=O)c1ccc(C2=CCN(Cc3ccc4c(c3)NC(=O)[C@@H]3CCCCN43)CC2)cn1. The van der Waals surface area contributed by atoms with E-state index >= 15 is 0 Å². The van der Waals surface area contributed by atoms with Crippen LogP contribution in [0.3, 0.4) is 0 Å². The molecule has 3 aliphatic heterocycles. The number of fused-ring (bicyclic) bond motifs is 3. The first kappa shape index (κ1) is 20.7. The maximum atomic E-state index is 12.5. The fourth-order valence-electron chi connectivity index (χ4n) is 4.96. The van der Waals surface area contributed by atoms with Crippen molar-refractivity contribution in [3.8, 4) is 0 Å². The van der Waals surface area contributed by atoms with E-state index in [2.05, 4.69) is 49.7 Å². The van der Waals surface area contributed by atoms with Crippen molar-refractivity contribution in [3.63, 3.8) is 0 Å². The molecule has 0 bridgehead atoms. The summed E-state index contributed by atoms with van der Waals surface area (Å²) in [5.74, 6) is -0.0339. The van der Waals surface area contributed by atoms with Crippen LogP contribution >= 0.6 is 0 Å². The Hall–Kier alpha value is -3.19. The molecule has 7 nitrogen and oxygen atoms in total. The van der Waals surface area contributed by atoms with Gasteiger partial charge < -0.3 is 15.5 Å². The van der Waals surface area contributed by atoms with Crippen LogP contribution in [0.2, 0.25) is 0 Å². The molecule has 2 N–H and O–H groups in total. The molecule has 166 valence electrons. The van der Waals surface area contributed by atoms with Crippen molar-refractivity contribution in [2.24, 2.45) is 0 Å². The maximum Gasteiger partial charge on any atom is 0.269 e. The van der Waals surface area contributed by atoms with E-state index in [9.17, 15) is 9.59 Å². The van der Waals surface area contributed by atoms with Gasteiger partial charge in [0, 0.05) is 39.4 Å². The van der Waals surface area contributed by atoms with Crippen molar-refractivity contribution in [1.82, 2.24) is 15.2 Å². The molecule has 2 amide bonds. The lowest BCUT2D eigenvalue weighted by molar-refractivity contribution is -0.118. The van der Waals surface area contributed by atoms with Crippen molar-refractivity contribution in [2.75, 3.05) is 36.9 Å². The van der Waals surface area contributed by atoms with E-state index < -0.39 is 0 Å². The summed E-state index contributed by atoms with van der Waals surface area (Å²) in [5.41, 5.74) is 6.10. The van der Waals surface area contributed by atoms with Crippen LogP contribution in [-0.4, -0.2) is 54.4 Å². The Morgan fingerprint density at radius 1 is 1.22 bits per heavy atom. The molecule has 5 rings (SSSR count). The number of carbonyl (C=O) groups is 2. The third kappa shape index (κ3) is 4.00. The van der Waals surface area contributed by atoms with Gasteiger partial charge >= 0.3 is 0 Å². The molecule has 0 aliphatic carbocycles. The Morgan fingerprint density at radius 2 is 2.12 bits per heavy atom. The summed E-state index contributed by atoms with van der Waals surface area (Å²) in [6, 6.07) is 10.2. The molecule has 1 atom stereocenters. The van der Waals surface area contributed by atoms with Gasteiger partial charge in [-0.3, -0.25) is 19.5 Å². The van der Waals surface area contributed by atoms with Gasteiger partial charge in [0.1, 0.15) is 11.7 Å². The lowest BCUT2D eigenvalue weighted by Gasteiger charge is -2.41. The Morgan fingerprint density at radius 3 is 2.88 bits per heavy atom. The van der Waals surface area contributed by atoms with Crippen molar-refractivity contribution < 1.29 is 9.59 Å². The highest BCUT2D eigenvalue weighted by Gasteiger charge is 2.34. The molecule has 0 saturated carbocycles. The Bertz CT molecular complexity index is 1060. The second-order valence-electron chi connectivity index (χ2n) is 8.77. The molecule has 0 spiro atoms. The van der Waals surface area contributed by atoms with Crippen molar-refractivity contribution >= 4 is 28.8 Å². The lowest BCUT2D eigenvalue weighted by atomic mass is 9.96. The number of aromatic nitrogens is 1. The number of rotatable bonds is 4. The number of pyridine rings is 1. The van der Waals surface area contributed by atoms with Crippen LogP contribution in [0.15, 0.2) is 42.6 Å². The zero-order valence-corrected chi connectivity index (χ0v) is 18.4. The molecule has 1 fully saturated rings. The average Bonchev–Trinajstić information content (AvgIpc) is 2.84. The number of hydrogen-bond acceptors (Lipinski definition) is 5. The van der Waals surface area contributed by atoms with Crippen molar-refractivity contribution in [1.29, 1.82) is 0 Å². The third-order valence-electron chi connectivity index (χ3n) is 6.73. The molecule has 1 aromatic carbocycles. The lowest BCUT2D eigenvalue weighted by Crippen LogP contribution is -2.50. The van der Waals surface area contributed by atoms with Crippen LogP contribution in [-0.2, 0) is 11.3 Å². The van der Waals surface area contributed by atoms with E-state index in [0.29, 0.717) is 5.69 Å². The second-order valence-corrected chi connectivity index (χ2v) is 8.77. The second kappa shape index (κ2) is 8.74. The first-order chi connectivity index (χ1) is 15.6. The third-order valence-corrected chi connectivity index (χ3v) is 6.73. The van der Waals surface area contributed by atoms with Gasteiger partial charge in [0.2, 0.25) is 5.91 Å². The molecule has 32 heavy (non-hydrogen) atoms. The number of piperidine rings is 1. The van der Waals surface area contributed by atoms with Crippen molar-refractivity contribution in [3.05, 3.63) is 59.4 Å². The van der Waals surface area contributed by atoms with Gasteiger partial charge in [0.05, 0.1) is 11.4 Å². The van der Waals surface area contributed by atoms with Crippen LogP contribution < -0.4 is 15.5 Å². The molecule has 1 saturated heterocycles. The van der Waals surface area contributed by atoms with E-state index in [4.69, 9.17) is 0 Å². The van der Waals surface area contributed by atoms with Crippen LogP contribution in [0.4, 0.5) is 11.4 Å². The summed E-state index contributed by atoms with van der Waals surface area (Å²) >= 11 is 0. The number of carbonyl (C=O) groups excluding carboxylic acids is 2. The van der Waals surface area contributed by atoms with Crippen LogP contribution in [0.1, 0.15) is 47.3 Å². The van der Waals surface area contributed by atoms with E-state index in [1.807, 2.05) is 6.07 Å². The predicted molar refractivity (Wildman–Crippen MR) is 126 cm³/mol. The number of amides is 2. The fourth-order valence-corrected chi connectivity index (χ4v) is 4.96. The summed E-state index contributed by atoms with van der Waals surface area (Å²) in [6.07, 6.45) is 8.19. The minimum absolute atomic E-state index is 0.00679. The molecule has 0 unspecified atom stereocenters. The van der Waals surface area contributed by atoms with E-state index in [0.717, 1.165) is 68.8 Å². The van der Waals surface area contributed by atoms with Gasteiger partial charge in [-0.1, -0.05) is 18.2 Å². The summed E-state index contributed by atoms with van der Waals surface area (Å²) in [4.78, 5) is 33.2. The van der Waals surface area contributed by atoms with Crippen LogP contribution in [0.5, 0.6) is 0 Å². The summed E-state index contributed by atoms with van der Waals surface area (Å²) < 4.78 is 0.